The van der Waals surface area contributed by atoms with E-state index >= 15 is 0 Å². The van der Waals surface area contributed by atoms with Gasteiger partial charge >= 0.3 is 0 Å². The van der Waals surface area contributed by atoms with Crippen molar-refractivity contribution in [2.75, 3.05) is 7.05 Å². The molecule has 0 aliphatic rings. The monoisotopic (exact) mass is 327 g/mol. The highest BCUT2D eigenvalue weighted by atomic mass is 31.1. The second kappa shape index (κ2) is 6.84. The molecule has 0 aliphatic heterocycles. The third-order valence-electron chi connectivity index (χ3n) is 3.90. The topological polar surface area (TPSA) is 32.6 Å². The van der Waals surface area contributed by atoms with Crippen molar-refractivity contribution in [1.82, 2.24) is 0 Å². The van der Waals surface area contributed by atoms with Crippen LogP contribution in [-0.4, -0.2) is 18.4 Å². The van der Waals surface area contributed by atoms with Crippen LogP contribution in [-0.2, 0) is 5.41 Å². The first-order valence-electron chi connectivity index (χ1n) is 7.87. The molecule has 0 saturated carbocycles. The van der Waals surface area contributed by atoms with Crippen molar-refractivity contribution in [2.45, 2.75) is 40.0 Å². The van der Waals surface area contributed by atoms with Crippen molar-refractivity contribution >= 4 is 25.4 Å². The molecule has 0 amide bonds. The number of hydrogen-bond donors (Lipinski definition) is 1. The smallest absolute Gasteiger partial charge is 0.127 e. The summed E-state index contributed by atoms with van der Waals surface area (Å²) in [4.78, 5) is 4.16. The first-order chi connectivity index (χ1) is 10.7. The zero-order chi connectivity index (χ0) is 17.2. The molecule has 2 aromatic rings. The van der Waals surface area contributed by atoms with E-state index in [0.29, 0.717) is 14.3 Å². The van der Waals surface area contributed by atoms with Crippen LogP contribution in [0.5, 0.6) is 5.75 Å². The third-order valence-corrected chi connectivity index (χ3v) is 5.48. The van der Waals surface area contributed by atoms with Gasteiger partial charge in [-0.15, -0.1) is 0 Å². The number of phenolic OH excluding ortho intramolecular Hbond substituents is 1. The molecule has 1 unspecified atom stereocenters. The lowest BCUT2D eigenvalue weighted by atomic mass is 9.85. The summed E-state index contributed by atoms with van der Waals surface area (Å²) in [5.74, 6) is 0.434. The van der Waals surface area contributed by atoms with Crippen molar-refractivity contribution in [3.05, 3.63) is 52.6 Å². The van der Waals surface area contributed by atoms with Gasteiger partial charge in [-0.1, -0.05) is 53.6 Å². The van der Waals surface area contributed by atoms with E-state index in [1.165, 1.54) is 16.4 Å². The zero-order valence-electron chi connectivity index (χ0n) is 14.9. The molecule has 0 bridgehead atoms. The molecule has 2 nitrogen and oxygen atoms in total. The maximum Gasteiger partial charge on any atom is 0.127 e. The number of aliphatic imine (C=N–C) groups is 1. The van der Waals surface area contributed by atoms with Crippen LogP contribution in [0.1, 0.15) is 43.0 Å². The Morgan fingerprint density at radius 3 is 2.43 bits per heavy atom. The Kier molecular flexibility index (Phi) is 5.26. The lowest BCUT2D eigenvalue weighted by Gasteiger charge is -2.23. The molecule has 122 valence electrons. The first kappa shape index (κ1) is 17.7. The summed E-state index contributed by atoms with van der Waals surface area (Å²) < 4.78 is 0. The van der Waals surface area contributed by atoms with Crippen LogP contribution in [0.25, 0.3) is 0 Å². The quantitative estimate of drug-likeness (QED) is 0.671. The number of aromatic hydroxyl groups is 1. The highest BCUT2D eigenvalue weighted by Gasteiger charge is 2.21. The molecule has 0 aromatic heterocycles. The predicted molar refractivity (Wildman–Crippen MR) is 104 cm³/mol. The van der Waals surface area contributed by atoms with E-state index in [9.17, 15) is 5.11 Å². The molecule has 0 saturated heterocycles. The van der Waals surface area contributed by atoms with Gasteiger partial charge in [0, 0.05) is 29.7 Å². The highest BCUT2D eigenvalue weighted by molar-refractivity contribution is 7.56. The maximum absolute atomic E-state index is 10.8. The van der Waals surface area contributed by atoms with Crippen LogP contribution in [0.15, 0.2) is 35.3 Å². The standard InChI is InChI=1S/C20H26NOP/c1-13-10-16(20(3,4)5)18(22)17(11-13)23-19-14(2)8-7-9-15(19)12-21-6/h7-12,22-23H,1-6H3. The Labute approximate surface area is 141 Å². The average molecular weight is 327 g/mol. The van der Waals surface area contributed by atoms with E-state index in [4.69, 9.17) is 0 Å². The number of benzene rings is 2. The maximum atomic E-state index is 10.8. The van der Waals surface area contributed by atoms with E-state index in [2.05, 4.69) is 69.9 Å². The fourth-order valence-electron chi connectivity index (χ4n) is 2.69. The largest absolute Gasteiger partial charge is 0.507 e. The van der Waals surface area contributed by atoms with Gasteiger partial charge in [-0.05, 0) is 41.8 Å². The van der Waals surface area contributed by atoms with Crippen molar-refractivity contribution in [1.29, 1.82) is 0 Å². The molecule has 2 rings (SSSR count). The van der Waals surface area contributed by atoms with Crippen LogP contribution in [0.2, 0.25) is 0 Å². The van der Waals surface area contributed by atoms with Crippen molar-refractivity contribution in [3.8, 4) is 5.75 Å². The molecule has 23 heavy (non-hydrogen) atoms. The van der Waals surface area contributed by atoms with Gasteiger partial charge in [0.05, 0.1) is 0 Å². The highest BCUT2D eigenvalue weighted by Crippen LogP contribution is 2.33. The SMILES string of the molecule is CN=Cc1cccc(C)c1Pc1cc(C)cc(C(C)(C)C)c1O. The van der Waals surface area contributed by atoms with Crippen molar-refractivity contribution < 1.29 is 5.11 Å². The van der Waals surface area contributed by atoms with Crippen LogP contribution in [0.3, 0.4) is 0 Å². The molecule has 0 fully saturated rings. The number of hydrogen-bond acceptors (Lipinski definition) is 2. The number of rotatable bonds is 3. The first-order valence-corrected chi connectivity index (χ1v) is 8.87. The lowest BCUT2D eigenvalue weighted by molar-refractivity contribution is 0.450. The summed E-state index contributed by atoms with van der Waals surface area (Å²) in [6, 6.07) is 10.4. The Bertz CT molecular complexity index is 742. The van der Waals surface area contributed by atoms with E-state index in [-0.39, 0.29) is 5.41 Å². The Morgan fingerprint density at radius 2 is 1.83 bits per heavy atom. The van der Waals surface area contributed by atoms with Gasteiger partial charge in [0.1, 0.15) is 5.75 Å². The summed E-state index contributed by atoms with van der Waals surface area (Å²) in [5.41, 5.74) is 4.49. The van der Waals surface area contributed by atoms with Gasteiger partial charge < -0.3 is 5.11 Å². The van der Waals surface area contributed by atoms with Gasteiger partial charge in [0.2, 0.25) is 0 Å². The van der Waals surface area contributed by atoms with Crippen LogP contribution in [0, 0.1) is 13.8 Å². The molecule has 0 radical (unpaired) electrons. The number of phenols is 1. The summed E-state index contributed by atoms with van der Waals surface area (Å²) in [6.45, 7) is 10.6. The molecule has 0 heterocycles. The fourth-order valence-corrected chi connectivity index (χ4v) is 4.08. The third kappa shape index (κ3) is 4.00. The van der Waals surface area contributed by atoms with Crippen LogP contribution in [0.4, 0.5) is 0 Å². The van der Waals surface area contributed by atoms with Gasteiger partial charge in [0.25, 0.3) is 0 Å². The Balaban J connectivity index is 2.56. The molecule has 1 atom stereocenters. The summed E-state index contributed by atoms with van der Waals surface area (Å²) >= 11 is 0. The molecule has 2 aromatic carbocycles. The number of nitrogens with zero attached hydrogens (tertiary/aromatic N) is 1. The summed E-state index contributed by atoms with van der Waals surface area (Å²) in [7, 11) is 2.20. The van der Waals surface area contributed by atoms with Crippen molar-refractivity contribution in [3.63, 3.8) is 0 Å². The summed E-state index contributed by atoms with van der Waals surface area (Å²) in [5, 5.41) is 13.1. The number of aryl methyl sites for hydroxylation is 2. The normalized spacial score (nSPS) is 12.6. The molecular weight excluding hydrogens is 301 g/mol. The molecule has 0 aliphatic carbocycles. The van der Waals surface area contributed by atoms with Gasteiger partial charge in [-0.25, -0.2) is 0 Å². The van der Waals surface area contributed by atoms with Crippen LogP contribution >= 0.6 is 8.58 Å². The molecule has 1 N–H and O–H groups in total. The molecular formula is C20H26NOP. The minimum Gasteiger partial charge on any atom is -0.507 e. The predicted octanol–water partition coefficient (Wildman–Crippen LogP) is 3.98. The van der Waals surface area contributed by atoms with Crippen molar-refractivity contribution in [2.24, 2.45) is 4.99 Å². The Hall–Kier alpha value is -1.66. The summed E-state index contributed by atoms with van der Waals surface area (Å²) in [6.07, 6.45) is 1.90. The van der Waals surface area contributed by atoms with Gasteiger partial charge in [-0.2, -0.15) is 0 Å². The van der Waals surface area contributed by atoms with Gasteiger partial charge in [0.15, 0.2) is 0 Å². The minimum absolute atomic E-state index is 0.0746. The average Bonchev–Trinajstić information content (AvgIpc) is 2.45. The van der Waals surface area contributed by atoms with E-state index in [0.717, 1.165) is 16.4 Å². The molecule has 0 spiro atoms. The van der Waals surface area contributed by atoms with E-state index in [1.807, 2.05) is 6.21 Å². The van der Waals surface area contributed by atoms with Gasteiger partial charge in [-0.3, -0.25) is 4.99 Å². The minimum atomic E-state index is -0.0746. The molecule has 3 heteroatoms. The van der Waals surface area contributed by atoms with E-state index < -0.39 is 0 Å². The Morgan fingerprint density at radius 1 is 1.13 bits per heavy atom. The van der Waals surface area contributed by atoms with Crippen LogP contribution < -0.4 is 10.6 Å². The fraction of sp³-hybridized carbons (Fsp3) is 0.350. The zero-order valence-corrected chi connectivity index (χ0v) is 15.9. The lowest BCUT2D eigenvalue weighted by Crippen LogP contribution is -2.18. The second-order valence-corrected chi connectivity index (χ2v) is 8.30. The second-order valence-electron chi connectivity index (χ2n) is 7.01. The van der Waals surface area contributed by atoms with E-state index in [1.54, 1.807) is 7.05 Å².